The lowest BCUT2D eigenvalue weighted by Gasteiger charge is -2.46. The number of fused-ring (bicyclic) bond motifs is 5. The van der Waals surface area contributed by atoms with E-state index in [2.05, 4.69) is 42.3 Å². The van der Waals surface area contributed by atoms with Crippen LogP contribution in [0.3, 0.4) is 0 Å². The molecule has 3 aliphatic heterocycles. The zero-order chi connectivity index (χ0) is 46.3. The number of likely N-dealkylation sites (N-methyl/N-ethyl adjacent to an activating group) is 1. The number of aliphatic hydroxyl groups is 1. The maximum absolute atomic E-state index is 15.2. The van der Waals surface area contributed by atoms with Crippen molar-refractivity contribution in [2.75, 3.05) is 35.4 Å². The summed E-state index contributed by atoms with van der Waals surface area (Å²) >= 11 is 0. The topological polar surface area (TPSA) is 162 Å². The van der Waals surface area contributed by atoms with Crippen LogP contribution in [-0.2, 0) is 47.5 Å². The van der Waals surface area contributed by atoms with E-state index in [-0.39, 0.29) is 78.3 Å². The number of methoxy groups -OCH3 is 3. The number of esters is 1. The summed E-state index contributed by atoms with van der Waals surface area (Å²) in [5, 5.41) is 22.0. The Bertz CT molecular complexity index is 1970. The highest BCUT2D eigenvalue weighted by Gasteiger charge is 2.60. The van der Waals surface area contributed by atoms with E-state index in [4.69, 9.17) is 37.9 Å². The summed E-state index contributed by atoms with van der Waals surface area (Å²) < 4.78 is 66.0. The number of cyclic esters (lactones) is 1. The fourth-order valence-electron chi connectivity index (χ4n) is 12.5. The average molecular weight is 911 g/mol. The Morgan fingerprint density at radius 2 is 1.62 bits per heavy atom. The molecule has 4 heterocycles. The molecule has 6 aliphatic rings. The van der Waals surface area contributed by atoms with Gasteiger partial charge in [-0.15, -0.1) is 5.10 Å². The Labute approximate surface area is 382 Å². The van der Waals surface area contributed by atoms with Crippen LogP contribution in [0.25, 0.3) is 11.3 Å². The lowest BCUT2D eigenvalue weighted by atomic mass is 9.62. The molecular formula is C49H71FN4O11. The number of nitrogens with zero attached hydrogens (tertiary/aromatic N) is 4. The van der Waals surface area contributed by atoms with Crippen molar-refractivity contribution < 1.29 is 57.0 Å². The van der Waals surface area contributed by atoms with Gasteiger partial charge in [0.1, 0.15) is 35.9 Å². The van der Waals surface area contributed by atoms with Crippen molar-refractivity contribution in [3.05, 3.63) is 47.9 Å². The standard InChI is InChI=1S/C49H71FN4O11/c1-10-30-12-11-13-39(65-41-19-18-38(53(5)6)26(3)61-41)25(2)44(56)36-22-33-32-20-31(64-49-48(60-9)47(59-8)46(58-7)27(4)62-49)21-35(32)43(45(57)42(33)34(36)23-40(55)63-30)54-24-37(51-52-54)28-14-16-29(50)17-15-28/h14-17,22,24-27,30-35,38-39,41-43,45-49,57H,10-13,18-21,23H2,1-9H3/t25-,26?,27?,30+,31+,32+,33+,34-,35-,38+,39+,41+,42-,43?,45?,46+,47?,48?,49+/m1/s1. The Morgan fingerprint density at radius 1 is 0.892 bits per heavy atom. The Morgan fingerprint density at radius 3 is 2.29 bits per heavy atom. The smallest absolute Gasteiger partial charge is 0.306 e. The van der Waals surface area contributed by atoms with Gasteiger partial charge in [-0.25, -0.2) is 9.07 Å². The SMILES string of the molecule is CC[C@H]1CCC[C@H](O[C@H]2CC[C@H](N(C)C)C(C)O2)[C@@H](C)C(=O)C2=C[C@H]3[C@@H]4C[C@H](O[C@@H]5OC(C)[C@H](OC)C(OC)C5OC)C[C@H]4C(n4cc(-c5ccc(F)cc5)nn4)C(O)[C@H]3[C@@H]2CC(=O)O1. The molecule has 0 bridgehead atoms. The van der Waals surface area contributed by atoms with E-state index in [1.54, 1.807) is 44.3 Å². The lowest BCUT2D eigenvalue weighted by molar-refractivity contribution is -0.314. The van der Waals surface area contributed by atoms with Gasteiger partial charge in [0.25, 0.3) is 0 Å². The molecule has 8 rings (SSSR count). The molecule has 5 fully saturated rings. The van der Waals surface area contributed by atoms with Crippen LogP contribution in [0.15, 0.2) is 42.1 Å². The van der Waals surface area contributed by atoms with Crippen LogP contribution in [-0.4, -0.2) is 146 Å². The predicted molar refractivity (Wildman–Crippen MR) is 236 cm³/mol. The zero-order valence-electron chi connectivity index (χ0n) is 39.5. The number of hydrogen-bond acceptors (Lipinski definition) is 14. The van der Waals surface area contributed by atoms with Crippen molar-refractivity contribution in [3.8, 4) is 11.3 Å². The first-order valence-corrected chi connectivity index (χ1v) is 23.9. The van der Waals surface area contributed by atoms with Crippen molar-refractivity contribution in [2.24, 2.45) is 35.5 Å². The second kappa shape index (κ2) is 20.6. The second-order valence-corrected chi connectivity index (χ2v) is 19.7. The molecule has 2 saturated carbocycles. The van der Waals surface area contributed by atoms with E-state index in [0.29, 0.717) is 48.9 Å². The van der Waals surface area contributed by atoms with E-state index in [1.807, 2.05) is 20.8 Å². The van der Waals surface area contributed by atoms with Gasteiger partial charge in [-0.05, 0) is 127 Å². The molecule has 15 nitrogen and oxygen atoms in total. The quantitative estimate of drug-likeness (QED) is 0.264. The molecule has 1 N–H and O–H groups in total. The highest BCUT2D eigenvalue weighted by molar-refractivity contribution is 5.99. The highest BCUT2D eigenvalue weighted by atomic mass is 19.1. The molecular weight excluding hydrogens is 840 g/mol. The van der Waals surface area contributed by atoms with Crippen LogP contribution in [0.5, 0.6) is 0 Å². The molecule has 16 heteroatoms. The fraction of sp³-hybridized carbons (Fsp3) is 0.755. The van der Waals surface area contributed by atoms with Gasteiger partial charge in [-0.1, -0.05) is 25.1 Å². The molecule has 6 unspecified atom stereocenters. The predicted octanol–water partition coefficient (Wildman–Crippen LogP) is 5.93. The monoisotopic (exact) mass is 911 g/mol. The number of carbonyl (C=O) groups excluding carboxylic acids is 2. The van der Waals surface area contributed by atoms with Gasteiger partial charge in [-0.3, -0.25) is 9.59 Å². The number of halogens is 1. The minimum absolute atomic E-state index is 0.0366. The summed E-state index contributed by atoms with van der Waals surface area (Å²) in [7, 11) is 8.97. The number of aliphatic hydroxyl groups excluding tert-OH is 1. The first-order chi connectivity index (χ1) is 31.2. The number of carbonyl (C=O) groups is 2. The van der Waals surface area contributed by atoms with Gasteiger partial charge >= 0.3 is 5.97 Å². The number of Topliss-reactive ketones (excluding diaryl/α,β-unsaturated/α-hetero) is 1. The molecule has 0 spiro atoms. The van der Waals surface area contributed by atoms with Crippen molar-refractivity contribution >= 4 is 11.8 Å². The molecule has 0 radical (unpaired) electrons. The summed E-state index contributed by atoms with van der Waals surface area (Å²) in [6, 6.07) is 5.73. The molecule has 360 valence electrons. The van der Waals surface area contributed by atoms with E-state index in [9.17, 15) is 14.3 Å². The Hall–Kier alpha value is -3.19. The maximum atomic E-state index is 15.2. The van der Waals surface area contributed by atoms with Crippen LogP contribution >= 0.6 is 0 Å². The fourth-order valence-corrected chi connectivity index (χ4v) is 12.5. The number of hydrogen-bond donors (Lipinski definition) is 1. The van der Waals surface area contributed by atoms with Gasteiger partial charge in [0.05, 0.1) is 49.2 Å². The number of ether oxygens (including phenoxy) is 8. The molecule has 3 saturated heterocycles. The summed E-state index contributed by atoms with van der Waals surface area (Å²) in [5.74, 6) is -3.05. The van der Waals surface area contributed by atoms with E-state index < -0.39 is 60.8 Å². The molecule has 0 amide bonds. The Kier molecular flexibility index (Phi) is 15.3. The largest absolute Gasteiger partial charge is 0.462 e. The molecule has 1 aromatic carbocycles. The van der Waals surface area contributed by atoms with Gasteiger partial charge in [0, 0.05) is 50.7 Å². The van der Waals surface area contributed by atoms with Gasteiger partial charge in [0.2, 0.25) is 0 Å². The molecule has 65 heavy (non-hydrogen) atoms. The van der Waals surface area contributed by atoms with Crippen molar-refractivity contribution in [3.63, 3.8) is 0 Å². The third-order valence-electron chi connectivity index (χ3n) is 15.8. The number of rotatable bonds is 11. The van der Waals surface area contributed by atoms with Crippen LogP contribution in [0, 0.1) is 41.3 Å². The molecule has 2 aromatic rings. The highest BCUT2D eigenvalue weighted by Crippen LogP contribution is 2.60. The van der Waals surface area contributed by atoms with E-state index in [1.165, 1.54) is 12.1 Å². The van der Waals surface area contributed by atoms with Crippen LogP contribution in [0.1, 0.15) is 91.5 Å². The second-order valence-electron chi connectivity index (χ2n) is 19.7. The van der Waals surface area contributed by atoms with Crippen molar-refractivity contribution in [1.29, 1.82) is 0 Å². The van der Waals surface area contributed by atoms with Gasteiger partial charge in [0.15, 0.2) is 18.4 Å². The summed E-state index contributed by atoms with van der Waals surface area (Å²) in [5.41, 5.74) is 1.75. The average Bonchev–Trinajstić information content (AvgIpc) is 4.03. The molecule has 1 aromatic heterocycles. The minimum atomic E-state index is -1.04. The number of ketones is 1. The first-order valence-electron chi connectivity index (χ1n) is 23.9. The van der Waals surface area contributed by atoms with Crippen LogP contribution in [0.4, 0.5) is 4.39 Å². The first kappa shape index (κ1) is 48.3. The number of allylic oxidation sites excluding steroid dienone is 2. The summed E-state index contributed by atoms with van der Waals surface area (Å²) in [6.07, 6.45) is 4.10. The summed E-state index contributed by atoms with van der Waals surface area (Å²) in [6.45, 7) is 7.96. The maximum Gasteiger partial charge on any atom is 0.306 e. The Balaban J connectivity index is 1.13. The molecule has 19 atom stereocenters. The van der Waals surface area contributed by atoms with Gasteiger partial charge < -0.3 is 47.9 Å². The van der Waals surface area contributed by atoms with Crippen LogP contribution < -0.4 is 0 Å². The number of benzene rings is 1. The van der Waals surface area contributed by atoms with Gasteiger partial charge in [-0.2, -0.15) is 0 Å². The van der Waals surface area contributed by atoms with E-state index in [0.717, 1.165) is 19.3 Å². The third-order valence-corrected chi connectivity index (χ3v) is 15.8. The molecule has 3 aliphatic carbocycles. The summed E-state index contributed by atoms with van der Waals surface area (Å²) in [4.78, 5) is 31.4. The lowest BCUT2D eigenvalue weighted by Crippen LogP contribution is -2.59. The number of aromatic nitrogens is 3. The van der Waals surface area contributed by atoms with E-state index >= 15 is 4.79 Å². The zero-order valence-corrected chi connectivity index (χ0v) is 39.5. The normalized spacial score (nSPS) is 41.5. The third kappa shape index (κ3) is 9.76. The van der Waals surface area contributed by atoms with Crippen LogP contribution in [0.2, 0.25) is 0 Å². The minimum Gasteiger partial charge on any atom is -0.462 e. The van der Waals surface area contributed by atoms with Crippen molar-refractivity contribution in [2.45, 2.75) is 165 Å². The van der Waals surface area contributed by atoms with Crippen molar-refractivity contribution in [1.82, 2.24) is 19.9 Å².